The number of rotatable bonds is 2. The smallest absolute Gasteiger partial charge is 0.152 e. The van der Waals surface area contributed by atoms with Crippen LogP contribution in [0.3, 0.4) is 0 Å². The van der Waals surface area contributed by atoms with Crippen LogP contribution in [0.15, 0.2) is 12.1 Å². The van der Waals surface area contributed by atoms with Crippen molar-refractivity contribution in [2.45, 2.75) is 6.04 Å². The van der Waals surface area contributed by atoms with Gasteiger partial charge in [-0.1, -0.05) is 23.2 Å². The van der Waals surface area contributed by atoms with Crippen molar-refractivity contribution in [2.24, 2.45) is 5.73 Å². The van der Waals surface area contributed by atoms with Gasteiger partial charge in [-0.15, -0.1) is 12.4 Å². The number of hydrogen-bond acceptors (Lipinski definition) is 3. The average molecular weight is 259 g/mol. The molecule has 4 N–H and O–H groups in total. The molecule has 0 aliphatic heterocycles. The van der Waals surface area contributed by atoms with E-state index in [0.29, 0.717) is 5.56 Å². The van der Waals surface area contributed by atoms with Crippen molar-refractivity contribution < 1.29 is 10.2 Å². The van der Waals surface area contributed by atoms with Crippen LogP contribution >= 0.6 is 35.6 Å². The molecule has 0 fully saturated rings. The van der Waals surface area contributed by atoms with E-state index in [-0.39, 0.29) is 34.8 Å². The summed E-state index contributed by atoms with van der Waals surface area (Å²) in [4.78, 5) is 0. The van der Waals surface area contributed by atoms with Gasteiger partial charge < -0.3 is 15.9 Å². The second-order valence-electron chi connectivity index (χ2n) is 2.62. The molecule has 0 unspecified atom stereocenters. The normalized spacial score (nSPS) is 12.0. The van der Waals surface area contributed by atoms with Gasteiger partial charge in [0, 0.05) is 0 Å². The number of aliphatic hydroxyl groups is 1. The quantitative estimate of drug-likeness (QED) is 0.761. The first-order chi connectivity index (χ1) is 6.06. The van der Waals surface area contributed by atoms with Gasteiger partial charge in [0.25, 0.3) is 0 Å². The summed E-state index contributed by atoms with van der Waals surface area (Å²) in [5.41, 5.74) is 6.13. The Morgan fingerprint density at radius 2 is 1.71 bits per heavy atom. The van der Waals surface area contributed by atoms with E-state index in [1.807, 2.05) is 0 Å². The summed E-state index contributed by atoms with van der Waals surface area (Å²) in [6.45, 7) is -0.197. The molecule has 0 amide bonds. The van der Waals surface area contributed by atoms with Gasteiger partial charge in [-0.2, -0.15) is 0 Å². The summed E-state index contributed by atoms with van der Waals surface area (Å²) in [5.74, 6) is -0.169. The van der Waals surface area contributed by atoms with Crippen molar-refractivity contribution in [1.29, 1.82) is 0 Å². The second-order valence-corrected chi connectivity index (χ2v) is 3.44. The van der Waals surface area contributed by atoms with Crippen LogP contribution in [0, 0.1) is 0 Å². The Bertz CT molecular complexity index is 296. The summed E-state index contributed by atoms with van der Waals surface area (Å²) in [7, 11) is 0. The Hall–Kier alpha value is -0.190. The van der Waals surface area contributed by atoms with Crippen molar-refractivity contribution in [3.8, 4) is 5.75 Å². The lowest BCUT2D eigenvalue weighted by Gasteiger charge is -2.10. The molecule has 0 aliphatic rings. The number of nitrogens with two attached hydrogens (primary N) is 1. The number of hydrogen-bond donors (Lipinski definition) is 3. The molecular formula is C8H10Cl3NO2. The van der Waals surface area contributed by atoms with Crippen molar-refractivity contribution >= 4 is 35.6 Å². The molecule has 0 saturated heterocycles. The van der Waals surface area contributed by atoms with Gasteiger partial charge in [-0.3, -0.25) is 0 Å². The maximum absolute atomic E-state index is 9.22. The Morgan fingerprint density at radius 1 is 1.29 bits per heavy atom. The van der Waals surface area contributed by atoms with Crippen LogP contribution in [0.25, 0.3) is 0 Å². The van der Waals surface area contributed by atoms with Crippen molar-refractivity contribution in [1.82, 2.24) is 0 Å². The largest absolute Gasteiger partial charge is 0.505 e. The van der Waals surface area contributed by atoms with Gasteiger partial charge >= 0.3 is 0 Å². The molecule has 0 spiro atoms. The molecule has 1 rings (SSSR count). The standard InChI is InChI=1S/C8H9Cl2NO2.ClH/c9-5-1-4(7(11)3-12)2-6(10)8(5)13;/h1-2,7,12-13H,3,11H2;1H/t7-;/m1./s1. The molecule has 0 aromatic heterocycles. The van der Waals surface area contributed by atoms with Crippen molar-refractivity contribution in [3.05, 3.63) is 27.7 Å². The lowest BCUT2D eigenvalue weighted by atomic mass is 10.1. The van der Waals surface area contributed by atoms with Crippen LogP contribution in [0.2, 0.25) is 10.0 Å². The fraction of sp³-hybridized carbons (Fsp3) is 0.250. The van der Waals surface area contributed by atoms with Gasteiger partial charge in [-0.05, 0) is 17.7 Å². The molecule has 0 radical (unpaired) electrons. The zero-order valence-electron chi connectivity index (χ0n) is 7.08. The minimum absolute atomic E-state index is 0. The lowest BCUT2D eigenvalue weighted by Crippen LogP contribution is -2.14. The highest BCUT2D eigenvalue weighted by Gasteiger charge is 2.10. The van der Waals surface area contributed by atoms with E-state index in [2.05, 4.69) is 0 Å². The molecule has 80 valence electrons. The number of phenolic OH excluding ortho intramolecular Hbond substituents is 1. The summed E-state index contributed by atoms with van der Waals surface area (Å²) < 4.78 is 0. The summed E-state index contributed by atoms with van der Waals surface area (Å²) in [5, 5.41) is 18.2. The molecule has 1 aromatic rings. The average Bonchev–Trinajstić information content (AvgIpc) is 2.12. The number of aromatic hydroxyl groups is 1. The first-order valence-electron chi connectivity index (χ1n) is 3.60. The number of halogens is 3. The Labute approximate surface area is 97.8 Å². The molecule has 1 atom stereocenters. The topological polar surface area (TPSA) is 66.5 Å². The molecule has 0 aliphatic carbocycles. The van der Waals surface area contributed by atoms with Crippen molar-refractivity contribution in [3.63, 3.8) is 0 Å². The highest BCUT2D eigenvalue weighted by molar-refractivity contribution is 6.37. The fourth-order valence-corrected chi connectivity index (χ4v) is 1.41. The number of aliphatic hydroxyl groups excluding tert-OH is 1. The van der Waals surface area contributed by atoms with Gasteiger partial charge in [-0.25, -0.2) is 0 Å². The van der Waals surface area contributed by atoms with E-state index in [0.717, 1.165) is 0 Å². The first kappa shape index (κ1) is 13.8. The predicted octanol–water partition coefficient (Wildman–Crippen LogP) is 2.11. The van der Waals surface area contributed by atoms with Crippen LogP contribution in [-0.2, 0) is 0 Å². The minimum Gasteiger partial charge on any atom is -0.505 e. The van der Waals surface area contributed by atoms with E-state index in [1.54, 1.807) is 0 Å². The summed E-state index contributed by atoms with van der Waals surface area (Å²) >= 11 is 11.3. The zero-order chi connectivity index (χ0) is 10.0. The van der Waals surface area contributed by atoms with Gasteiger partial charge in [0.05, 0.1) is 22.7 Å². The number of benzene rings is 1. The van der Waals surface area contributed by atoms with E-state index < -0.39 is 6.04 Å². The predicted molar refractivity (Wildman–Crippen MR) is 59.4 cm³/mol. The maximum Gasteiger partial charge on any atom is 0.152 e. The zero-order valence-corrected chi connectivity index (χ0v) is 9.40. The Kier molecular flexibility index (Phi) is 5.56. The van der Waals surface area contributed by atoms with E-state index >= 15 is 0 Å². The van der Waals surface area contributed by atoms with E-state index in [4.69, 9.17) is 34.0 Å². The third-order valence-corrected chi connectivity index (χ3v) is 2.24. The fourth-order valence-electron chi connectivity index (χ4n) is 0.905. The van der Waals surface area contributed by atoms with Crippen LogP contribution in [0.5, 0.6) is 5.75 Å². The molecule has 6 heteroatoms. The number of phenols is 1. The summed E-state index contributed by atoms with van der Waals surface area (Å²) in [6, 6.07) is 2.42. The molecule has 0 heterocycles. The van der Waals surface area contributed by atoms with Crippen LogP contribution < -0.4 is 5.73 Å². The minimum atomic E-state index is -0.532. The maximum atomic E-state index is 9.22. The van der Waals surface area contributed by atoms with E-state index in [1.165, 1.54) is 12.1 Å². The van der Waals surface area contributed by atoms with Gasteiger partial charge in [0.1, 0.15) is 0 Å². The van der Waals surface area contributed by atoms with Crippen molar-refractivity contribution in [2.75, 3.05) is 6.61 Å². The third-order valence-electron chi connectivity index (χ3n) is 1.66. The van der Waals surface area contributed by atoms with E-state index in [9.17, 15) is 5.11 Å². The molecule has 3 nitrogen and oxygen atoms in total. The SMILES string of the molecule is Cl.N[C@H](CO)c1cc(Cl)c(O)c(Cl)c1. The third kappa shape index (κ3) is 2.90. The van der Waals surface area contributed by atoms with Crippen LogP contribution in [0.1, 0.15) is 11.6 Å². The first-order valence-corrected chi connectivity index (χ1v) is 4.36. The highest BCUT2D eigenvalue weighted by Crippen LogP contribution is 2.33. The molecule has 0 bridgehead atoms. The Morgan fingerprint density at radius 3 is 2.07 bits per heavy atom. The highest BCUT2D eigenvalue weighted by atomic mass is 35.5. The van der Waals surface area contributed by atoms with Gasteiger partial charge in [0.2, 0.25) is 0 Å². The molecule has 1 aromatic carbocycles. The summed E-state index contributed by atoms with van der Waals surface area (Å²) in [6.07, 6.45) is 0. The van der Waals surface area contributed by atoms with Gasteiger partial charge in [0.15, 0.2) is 5.75 Å². The lowest BCUT2D eigenvalue weighted by molar-refractivity contribution is 0.268. The molecular weight excluding hydrogens is 248 g/mol. The molecule has 14 heavy (non-hydrogen) atoms. The second kappa shape index (κ2) is 5.63. The molecule has 0 saturated carbocycles. The monoisotopic (exact) mass is 257 g/mol. The van der Waals surface area contributed by atoms with Crippen LogP contribution in [-0.4, -0.2) is 16.8 Å². The van der Waals surface area contributed by atoms with Crippen LogP contribution in [0.4, 0.5) is 0 Å². The Balaban J connectivity index is 0.00000169.